The van der Waals surface area contributed by atoms with Crippen molar-refractivity contribution < 1.29 is 9.18 Å². The quantitative estimate of drug-likeness (QED) is 0.770. The Balaban J connectivity index is 1.93. The maximum Gasteiger partial charge on any atom is 0.268 e. The fraction of sp³-hybridized carbons (Fsp3) is 0.545. The summed E-state index contributed by atoms with van der Waals surface area (Å²) < 4.78 is 13.4. The van der Waals surface area contributed by atoms with E-state index in [0.717, 1.165) is 19.3 Å². The van der Waals surface area contributed by atoms with E-state index in [9.17, 15) is 9.18 Å². The molecular weight excluding hydrogens is 195 g/mol. The van der Waals surface area contributed by atoms with Gasteiger partial charge < -0.3 is 10.3 Å². The second-order valence-electron chi connectivity index (χ2n) is 3.96. The highest BCUT2D eigenvalue weighted by molar-refractivity contribution is 5.92. The molecule has 1 saturated carbocycles. The number of aromatic amines is 1. The average molecular weight is 210 g/mol. The molecule has 82 valence electrons. The summed E-state index contributed by atoms with van der Waals surface area (Å²) in [6, 6.07) is 3.13. The van der Waals surface area contributed by atoms with Crippen LogP contribution < -0.4 is 5.32 Å². The van der Waals surface area contributed by atoms with Crippen molar-refractivity contribution in [2.24, 2.45) is 0 Å². The van der Waals surface area contributed by atoms with Gasteiger partial charge in [-0.2, -0.15) is 0 Å². The van der Waals surface area contributed by atoms with Crippen molar-refractivity contribution >= 4 is 5.91 Å². The Bertz CT molecular complexity index is 323. The summed E-state index contributed by atoms with van der Waals surface area (Å²) in [4.78, 5) is 14.4. The smallest absolute Gasteiger partial charge is 0.268 e. The maximum absolute atomic E-state index is 13.4. The molecule has 0 radical (unpaired) electrons. The molecule has 0 unspecified atom stereocenters. The number of hydrogen-bond acceptors (Lipinski definition) is 1. The zero-order valence-corrected chi connectivity index (χ0v) is 8.50. The zero-order chi connectivity index (χ0) is 10.7. The van der Waals surface area contributed by atoms with Gasteiger partial charge in [-0.05, 0) is 25.0 Å². The van der Waals surface area contributed by atoms with Crippen molar-refractivity contribution in [1.29, 1.82) is 0 Å². The van der Waals surface area contributed by atoms with E-state index in [1.54, 1.807) is 18.3 Å². The summed E-state index contributed by atoms with van der Waals surface area (Å²) in [6.45, 7) is 0. The van der Waals surface area contributed by atoms with Crippen molar-refractivity contribution in [2.45, 2.75) is 37.9 Å². The van der Waals surface area contributed by atoms with Gasteiger partial charge in [-0.1, -0.05) is 12.8 Å². The molecule has 1 heterocycles. The number of H-pyrrole nitrogens is 1. The van der Waals surface area contributed by atoms with E-state index in [1.165, 1.54) is 0 Å². The summed E-state index contributed by atoms with van der Waals surface area (Å²) >= 11 is 0. The number of nitrogens with one attached hydrogen (secondary N) is 2. The molecule has 15 heavy (non-hydrogen) atoms. The van der Waals surface area contributed by atoms with Gasteiger partial charge in [-0.15, -0.1) is 0 Å². The average Bonchev–Trinajstić information content (AvgIpc) is 2.74. The largest absolute Gasteiger partial charge is 0.357 e. The number of halogens is 1. The summed E-state index contributed by atoms with van der Waals surface area (Å²) in [5.41, 5.74) is 0.493. The number of rotatable bonds is 2. The lowest BCUT2D eigenvalue weighted by atomic mass is 9.93. The van der Waals surface area contributed by atoms with Gasteiger partial charge in [0.1, 0.15) is 11.9 Å². The number of aromatic nitrogens is 1. The Morgan fingerprint density at radius 2 is 2.27 bits per heavy atom. The van der Waals surface area contributed by atoms with Gasteiger partial charge in [0, 0.05) is 6.20 Å². The number of carbonyl (C=O) groups excluding carboxylic acids is 1. The summed E-state index contributed by atoms with van der Waals surface area (Å²) in [6.07, 6.45) is 4.02. The Morgan fingerprint density at radius 3 is 2.93 bits per heavy atom. The predicted molar refractivity (Wildman–Crippen MR) is 55.4 cm³/mol. The van der Waals surface area contributed by atoms with Crippen LogP contribution in [0.3, 0.4) is 0 Å². The molecule has 3 nitrogen and oxygen atoms in total. The SMILES string of the molecule is O=C(N[C@@H]1CCCC[C@H]1F)c1ccc[nH]1. The number of alkyl halides is 1. The first-order valence-electron chi connectivity index (χ1n) is 5.35. The second-order valence-corrected chi connectivity index (χ2v) is 3.96. The molecule has 2 N–H and O–H groups in total. The minimum Gasteiger partial charge on any atom is -0.357 e. The highest BCUT2D eigenvalue weighted by Gasteiger charge is 2.26. The predicted octanol–water partition coefficient (Wildman–Crippen LogP) is 2.03. The van der Waals surface area contributed by atoms with Crippen LogP contribution >= 0.6 is 0 Å². The standard InChI is InChI=1S/C11H15FN2O/c12-8-4-1-2-5-9(8)14-11(15)10-6-3-7-13-10/h3,6-9,13H,1-2,4-5H2,(H,14,15)/t8-,9-/m1/s1. The lowest BCUT2D eigenvalue weighted by Crippen LogP contribution is -2.43. The molecule has 0 spiro atoms. The van der Waals surface area contributed by atoms with E-state index in [0.29, 0.717) is 12.1 Å². The third-order valence-corrected chi connectivity index (χ3v) is 2.84. The molecule has 1 aromatic heterocycles. The van der Waals surface area contributed by atoms with Crippen molar-refractivity contribution in [1.82, 2.24) is 10.3 Å². The van der Waals surface area contributed by atoms with Crippen molar-refractivity contribution in [2.75, 3.05) is 0 Å². The van der Waals surface area contributed by atoms with Crippen LogP contribution in [0.5, 0.6) is 0 Å². The van der Waals surface area contributed by atoms with Crippen LogP contribution in [-0.2, 0) is 0 Å². The highest BCUT2D eigenvalue weighted by atomic mass is 19.1. The Labute approximate surface area is 88.1 Å². The lowest BCUT2D eigenvalue weighted by molar-refractivity contribution is 0.0879. The van der Waals surface area contributed by atoms with Crippen LogP contribution in [-0.4, -0.2) is 23.1 Å². The van der Waals surface area contributed by atoms with E-state index in [2.05, 4.69) is 10.3 Å². The lowest BCUT2D eigenvalue weighted by Gasteiger charge is -2.26. The second kappa shape index (κ2) is 4.47. The maximum atomic E-state index is 13.4. The van der Waals surface area contributed by atoms with Crippen molar-refractivity contribution in [3.63, 3.8) is 0 Å². The summed E-state index contributed by atoms with van der Waals surface area (Å²) in [5.74, 6) is -0.213. The number of hydrogen-bond donors (Lipinski definition) is 2. The van der Waals surface area contributed by atoms with Gasteiger partial charge in [0.05, 0.1) is 6.04 Å². The van der Waals surface area contributed by atoms with E-state index >= 15 is 0 Å². The van der Waals surface area contributed by atoms with Crippen LogP contribution in [0.1, 0.15) is 36.2 Å². The van der Waals surface area contributed by atoms with E-state index in [4.69, 9.17) is 0 Å². The fourth-order valence-corrected chi connectivity index (χ4v) is 1.97. The molecule has 1 amide bonds. The summed E-state index contributed by atoms with van der Waals surface area (Å²) in [5, 5.41) is 2.73. The third kappa shape index (κ3) is 2.37. The van der Waals surface area contributed by atoms with Crippen LogP contribution in [0.15, 0.2) is 18.3 Å². The van der Waals surface area contributed by atoms with Crippen LogP contribution in [0, 0.1) is 0 Å². The van der Waals surface area contributed by atoms with Gasteiger partial charge in [0.25, 0.3) is 5.91 Å². The highest BCUT2D eigenvalue weighted by Crippen LogP contribution is 2.21. The molecule has 1 aromatic rings. The van der Waals surface area contributed by atoms with E-state index in [1.807, 2.05) is 0 Å². The monoisotopic (exact) mass is 210 g/mol. The van der Waals surface area contributed by atoms with E-state index < -0.39 is 6.17 Å². The first kappa shape index (κ1) is 10.2. The molecule has 1 fully saturated rings. The van der Waals surface area contributed by atoms with Crippen molar-refractivity contribution in [3.05, 3.63) is 24.0 Å². The molecule has 2 atom stereocenters. The first-order chi connectivity index (χ1) is 7.27. The van der Waals surface area contributed by atoms with Gasteiger partial charge in [-0.25, -0.2) is 4.39 Å². The fourth-order valence-electron chi connectivity index (χ4n) is 1.97. The Morgan fingerprint density at radius 1 is 1.47 bits per heavy atom. The molecule has 4 heteroatoms. The Hall–Kier alpha value is -1.32. The van der Waals surface area contributed by atoms with Gasteiger partial charge in [0.2, 0.25) is 0 Å². The molecular formula is C11H15FN2O. The Kier molecular flexibility index (Phi) is 3.04. The molecule has 2 rings (SSSR count). The zero-order valence-electron chi connectivity index (χ0n) is 8.50. The number of amides is 1. The van der Waals surface area contributed by atoms with Crippen LogP contribution in [0.25, 0.3) is 0 Å². The molecule has 1 aliphatic carbocycles. The van der Waals surface area contributed by atoms with E-state index in [-0.39, 0.29) is 11.9 Å². The minimum atomic E-state index is -0.891. The van der Waals surface area contributed by atoms with Gasteiger partial charge in [0.15, 0.2) is 0 Å². The minimum absolute atomic E-state index is 0.213. The molecule has 0 bridgehead atoms. The topological polar surface area (TPSA) is 44.9 Å². The normalized spacial score (nSPS) is 26.2. The van der Waals surface area contributed by atoms with Gasteiger partial charge in [-0.3, -0.25) is 4.79 Å². The van der Waals surface area contributed by atoms with Crippen LogP contribution in [0.2, 0.25) is 0 Å². The molecule has 0 aromatic carbocycles. The van der Waals surface area contributed by atoms with Crippen LogP contribution in [0.4, 0.5) is 4.39 Å². The first-order valence-corrected chi connectivity index (χ1v) is 5.35. The third-order valence-electron chi connectivity index (χ3n) is 2.84. The summed E-state index contributed by atoms with van der Waals surface area (Å²) in [7, 11) is 0. The van der Waals surface area contributed by atoms with Gasteiger partial charge >= 0.3 is 0 Å². The molecule has 0 aliphatic heterocycles. The number of carbonyl (C=O) groups is 1. The molecule has 0 saturated heterocycles. The van der Waals surface area contributed by atoms with Crippen molar-refractivity contribution in [3.8, 4) is 0 Å². The molecule has 1 aliphatic rings.